The van der Waals surface area contributed by atoms with E-state index in [0.29, 0.717) is 11.7 Å². The summed E-state index contributed by atoms with van der Waals surface area (Å²) in [5.41, 5.74) is 2.54. The molecule has 0 aliphatic carbocycles. The van der Waals surface area contributed by atoms with Gasteiger partial charge in [0.15, 0.2) is 11.1 Å². The molecule has 0 saturated carbocycles. The third kappa shape index (κ3) is 5.19. The minimum atomic E-state index is -1.65. The highest BCUT2D eigenvalue weighted by Gasteiger charge is 2.07. The van der Waals surface area contributed by atoms with Crippen molar-refractivity contribution in [1.29, 1.82) is 0 Å². The third-order valence-corrected chi connectivity index (χ3v) is 3.80. The van der Waals surface area contributed by atoms with Crippen LogP contribution in [-0.4, -0.2) is 21.1 Å². The Morgan fingerprint density at radius 3 is 2.72 bits per heavy atom. The van der Waals surface area contributed by atoms with Crippen molar-refractivity contribution in [1.82, 2.24) is 0 Å². The van der Waals surface area contributed by atoms with Gasteiger partial charge in [-0.3, -0.25) is 0 Å². The molecule has 2 unspecified atom stereocenters. The van der Waals surface area contributed by atoms with Gasteiger partial charge in [0.2, 0.25) is 0 Å². The zero-order valence-electron chi connectivity index (χ0n) is 11.2. The van der Waals surface area contributed by atoms with Gasteiger partial charge < -0.3 is 9.87 Å². The quantitative estimate of drug-likeness (QED) is 0.560. The number of rotatable bonds is 8. The first-order valence-electron chi connectivity index (χ1n) is 6.55. The zero-order chi connectivity index (χ0) is 13.4. The van der Waals surface area contributed by atoms with E-state index in [-0.39, 0.29) is 0 Å². The summed E-state index contributed by atoms with van der Waals surface area (Å²) >= 11 is -1.65. The number of nitrogens with one attached hydrogen (secondary N) is 1. The van der Waals surface area contributed by atoms with Gasteiger partial charge >= 0.3 is 0 Å². The topological polar surface area (TPSA) is 49.3 Å². The van der Waals surface area contributed by atoms with Gasteiger partial charge in [0, 0.05) is 18.0 Å². The van der Waals surface area contributed by atoms with Crippen molar-refractivity contribution in [2.24, 2.45) is 0 Å². The van der Waals surface area contributed by atoms with Crippen LogP contribution in [0, 0.1) is 0 Å². The van der Waals surface area contributed by atoms with Gasteiger partial charge in [-0.1, -0.05) is 32.0 Å². The SMILES string of the molecule is CCC(C)c1ccccc1NCCCCS(=O)O. The fourth-order valence-corrected chi connectivity index (χ4v) is 2.33. The van der Waals surface area contributed by atoms with Crippen molar-refractivity contribution in [2.45, 2.75) is 39.0 Å². The molecule has 0 amide bonds. The second-order valence-corrected chi connectivity index (χ2v) is 5.61. The lowest BCUT2D eigenvalue weighted by Gasteiger charge is -2.16. The van der Waals surface area contributed by atoms with Crippen LogP contribution in [0.15, 0.2) is 24.3 Å². The number of benzene rings is 1. The first kappa shape index (κ1) is 15.2. The first-order valence-corrected chi connectivity index (χ1v) is 7.83. The maximum absolute atomic E-state index is 10.5. The highest BCUT2D eigenvalue weighted by molar-refractivity contribution is 7.79. The molecule has 0 radical (unpaired) electrons. The van der Waals surface area contributed by atoms with Gasteiger partial charge in [-0.25, -0.2) is 4.21 Å². The lowest BCUT2D eigenvalue weighted by molar-refractivity contribution is 0.560. The summed E-state index contributed by atoms with van der Waals surface area (Å²) in [6.07, 6.45) is 2.82. The van der Waals surface area contributed by atoms with Gasteiger partial charge in [-0.05, 0) is 36.8 Å². The lowest BCUT2D eigenvalue weighted by Crippen LogP contribution is -2.07. The Labute approximate surface area is 112 Å². The standard InChI is InChI=1S/C14H23NO2S/c1-3-12(2)13-8-4-5-9-14(13)15-10-6-7-11-18(16)17/h4-5,8-9,12,15H,3,6-7,10-11H2,1-2H3,(H,16,17). The molecule has 0 spiro atoms. The average molecular weight is 269 g/mol. The molecule has 2 N–H and O–H groups in total. The van der Waals surface area contributed by atoms with Gasteiger partial charge in [0.25, 0.3) is 0 Å². The number of para-hydroxylation sites is 1. The predicted molar refractivity (Wildman–Crippen MR) is 78.5 cm³/mol. The van der Waals surface area contributed by atoms with Crippen molar-refractivity contribution in [3.8, 4) is 0 Å². The zero-order valence-corrected chi connectivity index (χ0v) is 12.0. The minimum absolute atomic E-state index is 0.370. The van der Waals surface area contributed by atoms with Crippen LogP contribution in [0.3, 0.4) is 0 Å². The Balaban J connectivity index is 2.44. The van der Waals surface area contributed by atoms with Crippen molar-refractivity contribution >= 4 is 16.8 Å². The van der Waals surface area contributed by atoms with E-state index < -0.39 is 11.1 Å². The molecule has 3 nitrogen and oxygen atoms in total. The van der Waals surface area contributed by atoms with Crippen LogP contribution >= 0.6 is 0 Å². The van der Waals surface area contributed by atoms with Gasteiger partial charge in [0.1, 0.15) is 0 Å². The second kappa shape index (κ2) is 8.27. The molecule has 2 atom stereocenters. The highest BCUT2D eigenvalue weighted by Crippen LogP contribution is 2.26. The smallest absolute Gasteiger partial charge is 0.152 e. The number of anilines is 1. The molecule has 102 valence electrons. The molecule has 0 saturated heterocycles. The summed E-state index contributed by atoms with van der Waals surface area (Å²) in [6, 6.07) is 8.38. The Morgan fingerprint density at radius 2 is 2.06 bits per heavy atom. The van der Waals surface area contributed by atoms with E-state index in [0.717, 1.165) is 25.8 Å². The van der Waals surface area contributed by atoms with Crippen LogP contribution in [0.2, 0.25) is 0 Å². The largest absolute Gasteiger partial charge is 0.385 e. The number of hydrogen-bond donors (Lipinski definition) is 2. The molecule has 1 rings (SSSR count). The van der Waals surface area contributed by atoms with Crippen LogP contribution in [0.5, 0.6) is 0 Å². The third-order valence-electron chi connectivity index (χ3n) is 3.17. The predicted octanol–water partition coefficient (Wildman–Crippen LogP) is 3.61. The fourth-order valence-electron chi connectivity index (χ4n) is 1.88. The number of hydrogen-bond acceptors (Lipinski definition) is 2. The maximum Gasteiger partial charge on any atom is 0.152 e. The van der Waals surface area contributed by atoms with Crippen LogP contribution in [0.1, 0.15) is 44.6 Å². The first-order chi connectivity index (χ1) is 8.65. The van der Waals surface area contributed by atoms with E-state index >= 15 is 0 Å². The Bertz CT molecular complexity index is 382. The molecule has 0 bridgehead atoms. The summed E-state index contributed by atoms with van der Waals surface area (Å²) in [4.78, 5) is 0. The molecule has 1 aromatic carbocycles. The maximum atomic E-state index is 10.5. The summed E-state index contributed by atoms with van der Waals surface area (Å²) < 4.78 is 19.2. The normalized spacial score (nSPS) is 14.2. The van der Waals surface area contributed by atoms with E-state index in [9.17, 15) is 4.21 Å². The molecule has 0 aromatic heterocycles. The summed E-state index contributed by atoms with van der Waals surface area (Å²) in [5, 5.41) is 3.42. The molecular weight excluding hydrogens is 246 g/mol. The summed E-state index contributed by atoms with van der Waals surface area (Å²) in [6.45, 7) is 5.28. The van der Waals surface area contributed by atoms with Gasteiger partial charge in [-0.2, -0.15) is 0 Å². The van der Waals surface area contributed by atoms with Gasteiger partial charge in [-0.15, -0.1) is 0 Å². The molecule has 0 heterocycles. The highest BCUT2D eigenvalue weighted by atomic mass is 32.2. The monoisotopic (exact) mass is 269 g/mol. The van der Waals surface area contributed by atoms with E-state index in [1.807, 2.05) is 6.07 Å². The van der Waals surface area contributed by atoms with Crippen molar-refractivity contribution in [3.05, 3.63) is 29.8 Å². The van der Waals surface area contributed by atoms with Gasteiger partial charge in [0.05, 0.1) is 0 Å². The van der Waals surface area contributed by atoms with Crippen LogP contribution in [-0.2, 0) is 11.1 Å². The molecule has 1 aromatic rings. The van der Waals surface area contributed by atoms with E-state index in [1.165, 1.54) is 11.3 Å². The van der Waals surface area contributed by atoms with Crippen LogP contribution in [0.25, 0.3) is 0 Å². The Hall–Kier alpha value is -0.870. The van der Waals surface area contributed by atoms with Crippen molar-refractivity contribution in [3.63, 3.8) is 0 Å². The van der Waals surface area contributed by atoms with Crippen LogP contribution < -0.4 is 5.32 Å². The van der Waals surface area contributed by atoms with E-state index in [4.69, 9.17) is 4.55 Å². The molecular formula is C14H23NO2S. The Kier molecular flexibility index (Phi) is 6.98. The molecule has 18 heavy (non-hydrogen) atoms. The lowest BCUT2D eigenvalue weighted by atomic mass is 9.97. The molecule has 0 fully saturated rings. The minimum Gasteiger partial charge on any atom is -0.385 e. The van der Waals surface area contributed by atoms with Crippen molar-refractivity contribution < 1.29 is 8.76 Å². The fraction of sp³-hybridized carbons (Fsp3) is 0.571. The van der Waals surface area contributed by atoms with E-state index in [1.54, 1.807) is 0 Å². The second-order valence-electron chi connectivity index (χ2n) is 4.56. The average Bonchev–Trinajstić information content (AvgIpc) is 2.37. The summed E-state index contributed by atoms with van der Waals surface area (Å²) in [7, 11) is 0. The number of unbranched alkanes of at least 4 members (excludes halogenated alkanes) is 1. The Morgan fingerprint density at radius 1 is 1.33 bits per heavy atom. The molecule has 4 heteroatoms. The summed E-state index contributed by atoms with van der Waals surface area (Å²) in [5.74, 6) is 0.924. The van der Waals surface area contributed by atoms with Crippen LogP contribution in [0.4, 0.5) is 5.69 Å². The van der Waals surface area contributed by atoms with E-state index in [2.05, 4.69) is 37.4 Å². The molecule has 0 aliphatic rings. The van der Waals surface area contributed by atoms with Crippen molar-refractivity contribution in [2.75, 3.05) is 17.6 Å². The molecule has 0 aliphatic heterocycles.